The van der Waals surface area contributed by atoms with Crippen molar-refractivity contribution in [1.29, 1.82) is 0 Å². The van der Waals surface area contributed by atoms with Crippen LogP contribution in [-0.4, -0.2) is 36.2 Å². The Morgan fingerprint density at radius 1 is 1.19 bits per heavy atom. The zero-order chi connectivity index (χ0) is 16.0. The number of hydrogen-bond donors (Lipinski definition) is 2. The van der Waals surface area contributed by atoms with Crippen LogP contribution >= 0.6 is 0 Å². The van der Waals surface area contributed by atoms with Crippen LogP contribution in [0.3, 0.4) is 0 Å². The molecule has 0 amide bonds. The summed E-state index contributed by atoms with van der Waals surface area (Å²) in [5.41, 5.74) is 0. The standard InChI is InChI=1S/C15H26O3.CH4O2/c1-9-4-6-13(11(3)15(16)17)14-8-18-10(2)5-7-12(9)14;1-3-2/h9-14H,4-8H2,1-3H3,(H,16,17);2H,1H3/t9-,10?,11?,12?,13?,14?;/m1./s1. The van der Waals surface area contributed by atoms with Crippen LogP contribution in [0.15, 0.2) is 0 Å². The fraction of sp³-hybridized carbons (Fsp3) is 0.938. The molecule has 1 saturated carbocycles. The van der Waals surface area contributed by atoms with Crippen molar-refractivity contribution in [3.8, 4) is 0 Å². The van der Waals surface area contributed by atoms with E-state index >= 15 is 0 Å². The second-order valence-electron chi connectivity index (χ2n) is 6.58. The lowest BCUT2D eigenvalue weighted by molar-refractivity contribution is -0.214. The molecule has 0 aromatic heterocycles. The number of carbonyl (C=O) groups is 1. The molecule has 21 heavy (non-hydrogen) atoms. The molecule has 5 unspecified atom stereocenters. The van der Waals surface area contributed by atoms with Crippen molar-refractivity contribution in [2.24, 2.45) is 29.6 Å². The molecule has 1 aliphatic carbocycles. The molecule has 0 spiro atoms. The first-order valence-corrected chi connectivity index (χ1v) is 7.94. The summed E-state index contributed by atoms with van der Waals surface area (Å²) in [4.78, 5) is 14.5. The van der Waals surface area contributed by atoms with E-state index in [-0.39, 0.29) is 5.92 Å². The second kappa shape index (κ2) is 8.71. The van der Waals surface area contributed by atoms with Crippen molar-refractivity contribution >= 4 is 5.97 Å². The molecule has 0 bridgehead atoms. The van der Waals surface area contributed by atoms with Gasteiger partial charge in [0.05, 0.1) is 25.7 Å². The van der Waals surface area contributed by atoms with Crippen molar-refractivity contribution in [2.45, 2.75) is 52.6 Å². The highest BCUT2D eigenvalue weighted by molar-refractivity contribution is 5.69. The number of rotatable bonds is 2. The molecule has 124 valence electrons. The Hall–Kier alpha value is -0.650. The fourth-order valence-electron chi connectivity index (χ4n) is 3.96. The van der Waals surface area contributed by atoms with Gasteiger partial charge in [0.2, 0.25) is 0 Å². The van der Waals surface area contributed by atoms with Crippen LogP contribution < -0.4 is 0 Å². The van der Waals surface area contributed by atoms with E-state index in [2.05, 4.69) is 18.7 Å². The fourth-order valence-corrected chi connectivity index (χ4v) is 3.96. The van der Waals surface area contributed by atoms with Gasteiger partial charge >= 0.3 is 5.97 Å². The zero-order valence-corrected chi connectivity index (χ0v) is 13.6. The molecule has 2 rings (SSSR count). The van der Waals surface area contributed by atoms with E-state index in [1.165, 1.54) is 20.0 Å². The molecule has 5 heteroatoms. The molecule has 1 heterocycles. The van der Waals surface area contributed by atoms with Gasteiger partial charge in [0.15, 0.2) is 0 Å². The van der Waals surface area contributed by atoms with Gasteiger partial charge in [-0.05, 0) is 49.9 Å². The third-order valence-corrected chi connectivity index (χ3v) is 5.30. The zero-order valence-electron chi connectivity index (χ0n) is 13.6. The van der Waals surface area contributed by atoms with Crippen LogP contribution in [0.25, 0.3) is 0 Å². The van der Waals surface area contributed by atoms with Crippen molar-refractivity contribution in [3.05, 3.63) is 0 Å². The average molecular weight is 302 g/mol. The van der Waals surface area contributed by atoms with Crippen molar-refractivity contribution < 1.29 is 24.8 Å². The Kier molecular flexibility index (Phi) is 7.63. The van der Waals surface area contributed by atoms with E-state index in [0.717, 1.165) is 25.4 Å². The number of carboxylic acid groups (broad SMARTS) is 1. The maximum Gasteiger partial charge on any atom is 0.306 e. The Bertz CT molecular complexity index is 320. The number of carboxylic acids is 1. The smallest absolute Gasteiger partial charge is 0.306 e. The SMILES string of the molecule is CC1CCC2C(CO1)C(C(C)C(=O)O)CC[C@H]2C.COO. The molecule has 0 aromatic rings. The van der Waals surface area contributed by atoms with E-state index in [0.29, 0.717) is 23.9 Å². The molecule has 5 nitrogen and oxygen atoms in total. The molecule has 1 saturated heterocycles. The van der Waals surface area contributed by atoms with Gasteiger partial charge in [0.25, 0.3) is 0 Å². The van der Waals surface area contributed by atoms with Gasteiger partial charge in [-0.2, -0.15) is 0 Å². The highest BCUT2D eigenvalue weighted by Gasteiger charge is 2.42. The number of ether oxygens (including phenoxy) is 1. The number of fused-ring (bicyclic) bond motifs is 1. The second-order valence-corrected chi connectivity index (χ2v) is 6.58. The van der Waals surface area contributed by atoms with Crippen LogP contribution in [0, 0.1) is 29.6 Å². The van der Waals surface area contributed by atoms with Crippen LogP contribution in [0.2, 0.25) is 0 Å². The van der Waals surface area contributed by atoms with Gasteiger partial charge in [-0.25, -0.2) is 4.89 Å². The minimum Gasteiger partial charge on any atom is -0.481 e. The number of aliphatic carboxylic acids is 1. The topological polar surface area (TPSA) is 76.0 Å². The molecule has 0 aromatic carbocycles. The quantitative estimate of drug-likeness (QED) is 0.604. The molecule has 2 N–H and O–H groups in total. The lowest BCUT2D eigenvalue weighted by atomic mass is 9.63. The van der Waals surface area contributed by atoms with Crippen LogP contribution in [0.4, 0.5) is 0 Å². The first-order chi connectivity index (χ1) is 9.92. The molecule has 1 aliphatic heterocycles. The summed E-state index contributed by atoms with van der Waals surface area (Å²) in [6.45, 7) is 7.10. The lowest BCUT2D eigenvalue weighted by Crippen LogP contribution is -2.40. The van der Waals surface area contributed by atoms with Gasteiger partial charge in [0.1, 0.15) is 0 Å². The Balaban J connectivity index is 0.000000677. The van der Waals surface area contributed by atoms with Gasteiger partial charge < -0.3 is 9.84 Å². The molecule has 0 radical (unpaired) electrons. The van der Waals surface area contributed by atoms with Gasteiger partial charge in [0, 0.05) is 0 Å². The van der Waals surface area contributed by atoms with Gasteiger partial charge in [-0.3, -0.25) is 10.1 Å². The number of hydrogen-bond acceptors (Lipinski definition) is 4. The highest BCUT2D eigenvalue weighted by Crippen LogP contribution is 2.46. The normalized spacial score (nSPS) is 37.5. The van der Waals surface area contributed by atoms with E-state index in [4.69, 9.17) is 9.99 Å². The summed E-state index contributed by atoms with van der Waals surface area (Å²) < 4.78 is 5.89. The van der Waals surface area contributed by atoms with Crippen LogP contribution in [0.1, 0.15) is 46.5 Å². The maximum absolute atomic E-state index is 11.3. The summed E-state index contributed by atoms with van der Waals surface area (Å²) in [6, 6.07) is 0. The summed E-state index contributed by atoms with van der Waals surface area (Å²) in [6.07, 6.45) is 4.89. The summed E-state index contributed by atoms with van der Waals surface area (Å²) in [5, 5.41) is 16.3. The molecular formula is C16H30O5. The average Bonchev–Trinajstić information content (AvgIpc) is 2.63. The third-order valence-electron chi connectivity index (χ3n) is 5.30. The molecule has 2 fully saturated rings. The molecular weight excluding hydrogens is 272 g/mol. The third kappa shape index (κ3) is 4.94. The van der Waals surface area contributed by atoms with Gasteiger partial charge in [-0.15, -0.1) is 0 Å². The van der Waals surface area contributed by atoms with Crippen LogP contribution in [0.5, 0.6) is 0 Å². The Morgan fingerprint density at radius 3 is 2.38 bits per heavy atom. The van der Waals surface area contributed by atoms with Crippen molar-refractivity contribution in [3.63, 3.8) is 0 Å². The van der Waals surface area contributed by atoms with Crippen molar-refractivity contribution in [1.82, 2.24) is 0 Å². The van der Waals surface area contributed by atoms with Gasteiger partial charge in [-0.1, -0.05) is 20.3 Å². The minimum absolute atomic E-state index is 0.234. The predicted molar refractivity (Wildman–Crippen MR) is 80.0 cm³/mol. The lowest BCUT2D eigenvalue weighted by Gasteiger charge is -2.42. The van der Waals surface area contributed by atoms with E-state index in [9.17, 15) is 9.90 Å². The summed E-state index contributed by atoms with van der Waals surface area (Å²) in [7, 11) is 1.18. The van der Waals surface area contributed by atoms with E-state index in [1.54, 1.807) is 0 Å². The molecule has 2 aliphatic rings. The van der Waals surface area contributed by atoms with E-state index in [1.807, 2.05) is 6.92 Å². The maximum atomic E-state index is 11.3. The predicted octanol–water partition coefficient (Wildman–Crippen LogP) is 3.29. The first-order valence-electron chi connectivity index (χ1n) is 7.94. The summed E-state index contributed by atoms with van der Waals surface area (Å²) in [5.74, 6) is 1.25. The highest BCUT2D eigenvalue weighted by atomic mass is 17.1. The largest absolute Gasteiger partial charge is 0.481 e. The first kappa shape index (κ1) is 18.4. The monoisotopic (exact) mass is 302 g/mol. The minimum atomic E-state index is -0.648. The van der Waals surface area contributed by atoms with E-state index < -0.39 is 5.97 Å². The Morgan fingerprint density at radius 2 is 1.81 bits per heavy atom. The Labute approximate surface area is 127 Å². The van der Waals surface area contributed by atoms with Crippen molar-refractivity contribution in [2.75, 3.05) is 13.7 Å². The molecule has 6 atom stereocenters. The summed E-state index contributed by atoms with van der Waals surface area (Å²) >= 11 is 0. The van der Waals surface area contributed by atoms with Crippen LogP contribution in [-0.2, 0) is 14.4 Å².